The molecule has 1 heterocycles. The Balaban J connectivity index is 1.72. The molecule has 0 spiro atoms. The van der Waals surface area contributed by atoms with Crippen molar-refractivity contribution in [3.63, 3.8) is 0 Å². The molecule has 0 bridgehead atoms. The standard InChI is InChI=1S/C12H21N3O/c1-10(2)15-9-11(7-13-15)8-14-16-12-5-3-4-6-12/h7,9-10,12,14H,3-6,8H2,1-2H3. The molecule has 1 aliphatic carbocycles. The largest absolute Gasteiger partial charge is 0.298 e. The first-order chi connectivity index (χ1) is 7.75. The zero-order valence-corrected chi connectivity index (χ0v) is 10.1. The van der Waals surface area contributed by atoms with Gasteiger partial charge in [-0.05, 0) is 26.7 Å². The van der Waals surface area contributed by atoms with Gasteiger partial charge in [-0.3, -0.25) is 9.52 Å². The highest BCUT2D eigenvalue weighted by atomic mass is 16.7. The molecule has 1 aromatic heterocycles. The van der Waals surface area contributed by atoms with Crippen molar-refractivity contribution in [3.05, 3.63) is 18.0 Å². The van der Waals surface area contributed by atoms with Crippen molar-refractivity contribution in [2.24, 2.45) is 0 Å². The molecule has 90 valence electrons. The SMILES string of the molecule is CC(C)n1cc(CNOC2CCCC2)cn1. The number of rotatable bonds is 5. The molecule has 1 saturated carbocycles. The van der Waals surface area contributed by atoms with Crippen LogP contribution in [-0.4, -0.2) is 15.9 Å². The average molecular weight is 223 g/mol. The molecular weight excluding hydrogens is 202 g/mol. The lowest BCUT2D eigenvalue weighted by molar-refractivity contribution is -0.0244. The van der Waals surface area contributed by atoms with Crippen LogP contribution < -0.4 is 5.48 Å². The summed E-state index contributed by atoms with van der Waals surface area (Å²) in [5.74, 6) is 0. The van der Waals surface area contributed by atoms with Gasteiger partial charge in [0.15, 0.2) is 0 Å². The normalized spacial score (nSPS) is 17.4. The second-order valence-corrected chi connectivity index (χ2v) is 4.77. The lowest BCUT2D eigenvalue weighted by atomic mass is 10.3. The molecule has 1 fully saturated rings. The summed E-state index contributed by atoms with van der Waals surface area (Å²) in [5.41, 5.74) is 4.22. The maximum absolute atomic E-state index is 5.59. The number of nitrogens with zero attached hydrogens (tertiary/aromatic N) is 2. The second-order valence-electron chi connectivity index (χ2n) is 4.77. The van der Waals surface area contributed by atoms with Crippen LogP contribution in [0.4, 0.5) is 0 Å². The van der Waals surface area contributed by atoms with E-state index in [-0.39, 0.29) is 0 Å². The smallest absolute Gasteiger partial charge is 0.0790 e. The van der Waals surface area contributed by atoms with E-state index in [1.54, 1.807) is 0 Å². The van der Waals surface area contributed by atoms with Gasteiger partial charge in [-0.15, -0.1) is 0 Å². The number of hydrogen-bond donors (Lipinski definition) is 1. The van der Waals surface area contributed by atoms with E-state index in [0.29, 0.717) is 12.1 Å². The minimum Gasteiger partial charge on any atom is -0.298 e. The predicted octanol–water partition coefficient (Wildman–Crippen LogP) is 2.43. The minimum atomic E-state index is 0.417. The summed E-state index contributed by atoms with van der Waals surface area (Å²) in [6.45, 7) is 4.99. The Morgan fingerprint density at radius 1 is 1.50 bits per heavy atom. The van der Waals surface area contributed by atoms with Crippen molar-refractivity contribution in [3.8, 4) is 0 Å². The van der Waals surface area contributed by atoms with Crippen LogP contribution in [0.2, 0.25) is 0 Å². The van der Waals surface area contributed by atoms with E-state index in [9.17, 15) is 0 Å². The van der Waals surface area contributed by atoms with E-state index in [0.717, 1.165) is 6.54 Å². The number of hydroxylamine groups is 1. The molecule has 1 aliphatic rings. The summed E-state index contributed by atoms with van der Waals surface area (Å²) in [6, 6.07) is 0.421. The molecule has 0 atom stereocenters. The van der Waals surface area contributed by atoms with Crippen molar-refractivity contribution >= 4 is 0 Å². The first-order valence-corrected chi connectivity index (χ1v) is 6.17. The third-order valence-electron chi connectivity index (χ3n) is 3.01. The fraction of sp³-hybridized carbons (Fsp3) is 0.750. The van der Waals surface area contributed by atoms with E-state index < -0.39 is 0 Å². The lowest BCUT2D eigenvalue weighted by Crippen LogP contribution is -2.21. The maximum Gasteiger partial charge on any atom is 0.0790 e. The molecule has 1 N–H and O–H groups in total. The summed E-state index contributed by atoms with van der Waals surface area (Å²) in [5, 5.41) is 4.29. The van der Waals surface area contributed by atoms with Gasteiger partial charge in [0.25, 0.3) is 0 Å². The van der Waals surface area contributed by atoms with Crippen LogP contribution in [0.15, 0.2) is 12.4 Å². The molecule has 4 nitrogen and oxygen atoms in total. The molecule has 0 unspecified atom stereocenters. The van der Waals surface area contributed by atoms with Gasteiger partial charge < -0.3 is 0 Å². The Labute approximate surface area is 96.9 Å². The Hall–Kier alpha value is -0.870. The van der Waals surface area contributed by atoms with Gasteiger partial charge >= 0.3 is 0 Å². The van der Waals surface area contributed by atoms with E-state index in [4.69, 9.17) is 4.84 Å². The zero-order valence-electron chi connectivity index (χ0n) is 10.1. The molecule has 0 saturated heterocycles. The molecule has 4 heteroatoms. The quantitative estimate of drug-likeness (QED) is 0.779. The van der Waals surface area contributed by atoms with E-state index in [1.165, 1.54) is 31.2 Å². The van der Waals surface area contributed by atoms with E-state index >= 15 is 0 Å². The maximum atomic E-state index is 5.59. The Morgan fingerprint density at radius 2 is 2.25 bits per heavy atom. The Morgan fingerprint density at radius 3 is 2.88 bits per heavy atom. The zero-order chi connectivity index (χ0) is 11.4. The second kappa shape index (κ2) is 5.46. The third kappa shape index (κ3) is 3.06. The first-order valence-electron chi connectivity index (χ1n) is 6.17. The highest BCUT2D eigenvalue weighted by Crippen LogP contribution is 2.19. The summed E-state index contributed by atoms with van der Waals surface area (Å²) in [6.07, 6.45) is 9.37. The van der Waals surface area contributed by atoms with Crippen LogP contribution in [-0.2, 0) is 11.4 Å². The highest BCUT2D eigenvalue weighted by Gasteiger charge is 2.15. The topological polar surface area (TPSA) is 39.1 Å². The van der Waals surface area contributed by atoms with Crippen molar-refractivity contribution in [1.29, 1.82) is 0 Å². The van der Waals surface area contributed by atoms with Crippen molar-refractivity contribution < 1.29 is 4.84 Å². The van der Waals surface area contributed by atoms with Crippen molar-refractivity contribution in [2.45, 2.75) is 58.2 Å². The van der Waals surface area contributed by atoms with Gasteiger partial charge in [0.05, 0.1) is 12.3 Å². The number of aromatic nitrogens is 2. The number of hydrogen-bond acceptors (Lipinski definition) is 3. The number of nitrogens with one attached hydrogen (secondary N) is 1. The minimum absolute atomic E-state index is 0.417. The first kappa shape index (κ1) is 11.6. The van der Waals surface area contributed by atoms with Crippen LogP contribution in [0.5, 0.6) is 0 Å². The van der Waals surface area contributed by atoms with Gasteiger partial charge in [-0.1, -0.05) is 12.8 Å². The van der Waals surface area contributed by atoms with Crippen LogP contribution in [0.1, 0.15) is 51.1 Å². The molecule has 0 amide bonds. The van der Waals surface area contributed by atoms with Gasteiger partial charge in [0, 0.05) is 24.3 Å². The van der Waals surface area contributed by atoms with Gasteiger partial charge in [0.2, 0.25) is 0 Å². The lowest BCUT2D eigenvalue weighted by Gasteiger charge is -2.10. The molecule has 0 radical (unpaired) electrons. The molecule has 16 heavy (non-hydrogen) atoms. The summed E-state index contributed by atoms with van der Waals surface area (Å²) < 4.78 is 1.96. The molecule has 0 aromatic carbocycles. The third-order valence-corrected chi connectivity index (χ3v) is 3.01. The van der Waals surface area contributed by atoms with Gasteiger partial charge in [0.1, 0.15) is 0 Å². The van der Waals surface area contributed by atoms with E-state index in [2.05, 4.69) is 30.6 Å². The fourth-order valence-corrected chi connectivity index (χ4v) is 2.00. The predicted molar refractivity (Wildman–Crippen MR) is 62.8 cm³/mol. The fourth-order valence-electron chi connectivity index (χ4n) is 2.00. The van der Waals surface area contributed by atoms with Crippen LogP contribution >= 0.6 is 0 Å². The monoisotopic (exact) mass is 223 g/mol. The van der Waals surface area contributed by atoms with E-state index in [1.807, 2.05) is 10.9 Å². The van der Waals surface area contributed by atoms with Crippen molar-refractivity contribution in [2.75, 3.05) is 0 Å². The van der Waals surface area contributed by atoms with Crippen LogP contribution in [0, 0.1) is 0 Å². The van der Waals surface area contributed by atoms with Gasteiger partial charge in [-0.25, -0.2) is 0 Å². The van der Waals surface area contributed by atoms with Crippen LogP contribution in [0.3, 0.4) is 0 Å². The molecular formula is C12H21N3O. The summed E-state index contributed by atoms with van der Waals surface area (Å²) in [7, 11) is 0. The Bertz CT molecular complexity index is 316. The summed E-state index contributed by atoms with van der Waals surface area (Å²) >= 11 is 0. The van der Waals surface area contributed by atoms with Crippen molar-refractivity contribution in [1.82, 2.24) is 15.3 Å². The molecule has 0 aliphatic heterocycles. The summed E-state index contributed by atoms with van der Waals surface area (Å²) in [4.78, 5) is 5.59. The Kier molecular flexibility index (Phi) is 3.96. The van der Waals surface area contributed by atoms with Gasteiger partial charge in [-0.2, -0.15) is 10.6 Å². The average Bonchev–Trinajstić information content (AvgIpc) is 2.87. The highest BCUT2D eigenvalue weighted by molar-refractivity contribution is 5.03. The van der Waals surface area contributed by atoms with Crippen LogP contribution in [0.25, 0.3) is 0 Å². The molecule has 1 aromatic rings. The molecule has 2 rings (SSSR count).